The van der Waals surface area contributed by atoms with Crippen molar-refractivity contribution in [2.75, 3.05) is 40.0 Å². The first-order valence-electron chi connectivity index (χ1n) is 12.5. The van der Waals surface area contributed by atoms with Crippen LogP contribution >= 0.6 is 0 Å². The fraction of sp³-hybridized carbons (Fsp3) is 0.267. The number of hydrogen-bond donors (Lipinski definition) is 1. The fourth-order valence-corrected chi connectivity index (χ4v) is 5.68. The number of hydrogen-bond acceptors (Lipinski definition) is 6. The van der Waals surface area contributed by atoms with E-state index < -0.39 is 11.8 Å². The lowest BCUT2D eigenvalue weighted by Gasteiger charge is -2.24. The summed E-state index contributed by atoms with van der Waals surface area (Å²) in [5, 5.41) is 1.73. The number of nitrogens with two attached hydrogens (primary N) is 1. The largest absolute Gasteiger partial charge is 1.00 e. The zero-order valence-corrected chi connectivity index (χ0v) is 24.4. The third-order valence-electron chi connectivity index (χ3n) is 7.49. The molecule has 1 unspecified atom stereocenters. The van der Waals surface area contributed by atoms with Gasteiger partial charge in [0.1, 0.15) is 0 Å². The Morgan fingerprint density at radius 1 is 1.00 bits per heavy atom. The van der Waals surface area contributed by atoms with Gasteiger partial charge in [0.05, 0.1) is 31.1 Å². The minimum atomic E-state index is -0.703. The van der Waals surface area contributed by atoms with E-state index in [1.165, 1.54) is 0 Å². The van der Waals surface area contributed by atoms with Crippen molar-refractivity contribution in [3.8, 4) is 34.3 Å². The minimum absolute atomic E-state index is 0. The molecule has 0 spiro atoms. The van der Waals surface area contributed by atoms with E-state index in [0.29, 0.717) is 17.2 Å². The molecule has 39 heavy (non-hydrogen) atoms. The molecule has 8 nitrogen and oxygen atoms in total. The van der Waals surface area contributed by atoms with E-state index in [1.807, 2.05) is 61.5 Å². The Balaban J connectivity index is 0.00000308. The summed E-state index contributed by atoms with van der Waals surface area (Å²) in [6.45, 7) is 0.915. The van der Waals surface area contributed by atoms with Crippen LogP contribution in [0.5, 0.6) is 23.0 Å². The van der Waals surface area contributed by atoms with Crippen molar-refractivity contribution in [2.45, 2.75) is 18.9 Å². The van der Waals surface area contributed by atoms with Crippen LogP contribution in [-0.4, -0.2) is 41.0 Å². The molecule has 0 bridgehead atoms. The maximum absolute atomic E-state index is 13.3. The summed E-state index contributed by atoms with van der Waals surface area (Å²) < 4.78 is 25.0. The Labute approximate surface area is 244 Å². The van der Waals surface area contributed by atoms with Gasteiger partial charge in [-0.05, 0) is 47.5 Å². The van der Waals surface area contributed by atoms with Crippen LogP contribution in [0.3, 0.4) is 0 Å². The predicted molar refractivity (Wildman–Crippen MR) is 144 cm³/mol. The number of methoxy groups -OCH3 is 2. The molecular weight excluding hydrogens is 609 g/mol. The number of nitrogens with zero attached hydrogens (tertiary/aromatic N) is 2. The SMILES string of the molecule is COc1ccc2c(C(C(N)=O)c3ccc(N(C)C)cc3)c3[n+](cc2c1OC)CCc1cc2c(cc1-3)OCO2.[I-]. The van der Waals surface area contributed by atoms with Crippen molar-refractivity contribution in [1.29, 1.82) is 0 Å². The number of carbonyl (C=O) groups excluding carboxylic acids is 1. The van der Waals surface area contributed by atoms with Gasteiger partial charge in [0.25, 0.3) is 0 Å². The highest BCUT2D eigenvalue weighted by Gasteiger charge is 2.37. The van der Waals surface area contributed by atoms with Gasteiger partial charge in [0, 0.05) is 37.2 Å². The molecule has 0 radical (unpaired) electrons. The average molecular weight is 639 g/mol. The second-order valence-corrected chi connectivity index (χ2v) is 9.78. The molecule has 1 aromatic heterocycles. The van der Waals surface area contributed by atoms with Crippen LogP contribution in [-0.2, 0) is 17.8 Å². The second-order valence-electron chi connectivity index (χ2n) is 9.78. The Morgan fingerprint density at radius 3 is 2.36 bits per heavy atom. The van der Waals surface area contributed by atoms with E-state index in [9.17, 15) is 4.79 Å². The second kappa shape index (κ2) is 10.4. The molecule has 6 rings (SSSR count). The van der Waals surface area contributed by atoms with Crippen molar-refractivity contribution in [3.05, 3.63) is 71.4 Å². The summed E-state index contributed by atoms with van der Waals surface area (Å²) in [6.07, 6.45) is 2.88. The number of anilines is 1. The number of amides is 1. The van der Waals surface area contributed by atoms with Crippen molar-refractivity contribution in [1.82, 2.24) is 0 Å². The standard InChI is InChI=1S/C30H29N3O5.HI/c1-32(2)19-7-5-17(6-8-19)26(30(31)34)27-20-9-10-23(35-3)29(36-4)22(20)15-33-12-11-18-13-24-25(38-16-37-24)14-21(18)28(27)33;/h5-10,13-15,26H,11-12,16H2,1-4H3,(H-,31,34);1H. The van der Waals surface area contributed by atoms with Crippen LogP contribution in [0.4, 0.5) is 5.69 Å². The number of pyridine rings is 1. The highest BCUT2D eigenvalue weighted by Crippen LogP contribution is 2.46. The molecule has 4 aromatic rings. The van der Waals surface area contributed by atoms with Gasteiger partial charge in [-0.3, -0.25) is 4.79 Å². The van der Waals surface area contributed by atoms with E-state index in [0.717, 1.165) is 63.1 Å². The number of fused-ring (bicyclic) bond motifs is 5. The molecule has 2 N–H and O–H groups in total. The van der Waals surface area contributed by atoms with Gasteiger partial charge in [-0.15, -0.1) is 0 Å². The Kier molecular flexibility index (Phi) is 7.19. The van der Waals surface area contributed by atoms with E-state index in [4.69, 9.17) is 24.7 Å². The van der Waals surface area contributed by atoms with E-state index in [-0.39, 0.29) is 30.8 Å². The highest BCUT2D eigenvalue weighted by molar-refractivity contribution is 6.00. The van der Waals surface area contributed by atoms with Crippen LogP contribution in [0.15, 0.2) is 54.7 Å². The van der Waals surface area contributed by atoms with E-state index in [2.05, 4.69) is 16.8 Å². The maximum atomic E-state index is 13.3. The van der Waals surface area contributed by atoms with E-state index in [1.54, 1.807) is 14.2 Å². The van der Waals surface area contributed by atoms with Gasteiger partial charge < -0.3 is 53.6 Å². The molecule has 3 heterocycles. The van der Waals surface area contributed by atoms with Gasteiger partial charge in [-0.1, -0.05) is 12.1 Å². The Hall–Kier alpha value is -3.73. The first kappa shape index (κ1) is 26.9. The summed E-state index contributed by atoms with van der Waals surface area (Å²) >= 11 is 0. The van der Waals surface area contributed by atoms with Crippen molar-refractivity contribution in [2.24, 2.45) is 5.73 Å². The van der Waals surface area contributed by atoms with Crippen LogP contribution in [0, 0.1) is 0 Å². The predicted octanol–water partition coefficient (Wildman–Crippen LogP) is 0.784. The topological polar surface area (TPSA) is 87.1 Å². The number of primary amides is 1. The van der Waals surface area contributed by atoms with Gasteiger partial charge in [0.15, 0.2) is 35.7 Å². The number of aryl methyl sites for hydroxylation is 2. The molecule has 2 aliphatic rings. The number of aromatic nitrogens is 1. The normalized spacial score (nSPS) is 13.6. The molecule has 0 aliphatic carbocycles. The third kappa shape index (κ3) is 4.38. The average Bonchev–Trinajstić information content (AvgIpc) is 3.38. The fourth-order valence-electron chi connectivity index (χ4n) is 5.68. The monoisotopic (exact) mass is 639 g/mol. The smallest absolute Gasteiger partial charge is 0.231 e. The highest BCUT2D eigenvalue weighted by atomic mass is 127. The molecule has 0 saturated carbocycles. The first-order valence-corrected chi connectivity index (χ1v) is 12.5. The summed E-state index contributed by atoms with van der Waals surface area (Å²) in [5.74, 6) is 1.55. The summed E-state index contributed by atoms with van der Waals surface area (Å²) in [4.78, 5) is 15.3. The number of rotatable bonds is 6. The van der Waals surface area contributed by atoms with E-state index >= 15 is 0 Å². The van der Waals surface area contributed by atoms with Gasteiger partial charge in [0.2, 0.25) is 18.4 Å². The van der Waals surface area contributed by atoms with Crippen LogP contribution in [0.2, 0.25) is 0 Å². The first-order chi connectivity index (χ1) is 18.4. The molecule has 2 aliphatic heterocycles. The number of ether oxygens (including phenoxy) is 4. The molecule has 1 amide bonds. The third-order valence-corrected chi connectivity index (χ3v) is 7.49. The minimum Gasteiger partial charge on any atom is -1.00 e. The van der Waals surface area contributed by atoms with Crippen molar-refractivity contribution >= 4 is 22.4 Å². The van der Waals surface area contributed by atoms with Crippen LogP contribution in [0.1, 0.15) is 22.6 Å². The molecule has 9 heteroatoms. The zero-order valence-electron chi connectivity index (χ0n) is 22.3. The molecule has 0 fully saturated rings. The quantitative estimate of drug-likeness (QED) is 0.248. The number of benzene rings is 3. The molecule has 1 atom stereocenters. The van der Waals surface area contributed by atoms with Crippen LogP contribution < -0.4 is 58.1 Å². The maximum Gasteiger partial charge on any atom is 0.231 e. The van der Waals surface area contributed by atoms with Crippen LogP contribution in [0.25, 0.3) is 22.0 Å². The lowest BCUT2D eigenvalue weighted by atomic mass is 9.82. The van der Waals surface area contributed by atoms with Gasteiger partial charge in [-0.25, -0.2) is 0 Å². The van der Waals surface area contributed by atoms with Crippen molar-refractivity contribution in [3.63, 3.8) is 0 Å². The molecular formula is C30H30IN3O5. The Bertz CT molecular complexity index is 1590. The summed E-state index contributed by atoms with van der Waals surface area (Å²) in [7, 11) is 7.22. The summed E-state index contributed by atoms with van der Waals surface area (Å²) in [5.41, 5.74) is 12.0. The Morgan fingerprint density at radius 2 is 1.72 bits per heavy atom. The van der Waals surface area contributed by atoms with Gasteiger partial charge >= 0.3 is 0 Å². The molecule has 3 aromatic carbocycles. The van der Waals surface area contributed by atoms with Crippen molar-refractivity contribution < 1.29 is 52.3 Å². The lowest BCUT2D eigenvalue weighted by Crippen LogP contribution is -3.00. The molecule has 0 saturated heterocycles. The zero-order chi connectivity index (χ0) is 26.6. The lowest BCUT2D eigenvalue weighted by molar-refractivity contribution is -0.686. The molecule has 202 valence electrons. The van der Waals surface area contributed by atoms with Gasteiger partial charge in [-0.2, -0.15) is 4.57 Å². The number of halogens is 1. The number of carbonyl (C=O) groups is 1. The summed E-state index contributed by atoms with van der Waals surface area (Å²) in [6, 6.07) is 15.9.